The second-order valence-corrected chi connectivity index (χ2v) is 3.87. The van der Waals surface area contributed by atoms with Crippen LogP contribution in [0.5, 0.6) is 0 Å². The Morgan fingerprint density at radius 3 is 1.95 bits per heavy atom. The van der Waals surface area contributed by atoms with Crippen LogP contribution < -0.4 is 10.6 Å². The standard InChI is InChI=1S/C10H18N2O8/c13-3-6(1-8(14)15)11-4-20-5-12-7(10(18)19)2-9(16)17/h6-7,11-13H,1-5H2,(H,14,15)(H,16,17)(H,18,19). The molecule has 116 valence electrons. The average Bonchev–Trinajstić information content (AvgIpc) is 2.34. The van der Waals surface area contributed by atoms with Gasteiger partial charge in [-0.05, 0) is 0 Å². The maximum atomic E-state index is 10.7. The quantitative estimate of drug-likeness (QED) is 0.173. The first-order valence-corrected chi connectivity index (χ1v) is 5.68. The molecule has 6 N–H and O–H groups in total. The summed E-state index contributed by atoms with van der Waals surface area (Å²) in [5.74, 6) is -3.66. The van der Waals surface area contributed by atoms with Crippen molar-refractivity contribution in [2.75, 3.05) is 20.1 Å². The van der Waals surface area contributed by atoms with Gasteiger partial charge in [0.15, 0.2) is 0 Å². The summed E-state index contributed by atoms with van der Waals surface area (Å²) in [6, 6.07) is -1.96. The van der Waals surface area contributed by atoms with E-state index in [1.165, 1.54) is 0 Å². The van der Waals surface area contributed by atoms with Gasteiger partial charge in [-0.15, -0.1) is 0 Å². The maximum Gasteiger partial charge on any atom is 0.321 e. The highest BCUT2D eigenvalue weighted by Gasteiger charge is 2.20. The number of carboxylic acid groups (broad SMARTS) is 3. The third-order valence-electron chi connectivity index (χ3n) is 2.22. The summed E-state index contributed by atoms with van der Waals surface area (Å²) in [5.41, 5.74) is 0. The van der Waals surface area contributed by atoms with Crippen LogP contribution in [0, 0.1) is 0 Å². The first-order valence-electron chi connectivity index (χ1n) is 5.68. The van der Waals surface area contributed by atoms with E-state index in [1.54, 1.807) is 0 Å². The molecule has 0 radical (unpaired) electrons. The summed E-state index contributed by atoms with van der Waals surface area (Å²) in [4.78, 5) is 31.5. The van der Waals surface area contributed by atoms with Gasteiger partial charge in [-0.3, -0.25) is 25.0 Å². The van der Waals surface area contributed by atoms with Gasteiger partial charge in [-0.25, -0.2) is 0 Å². The van der Waals surface area contributed by atoms with Crippen molar-refractivity contribution in [2.24, 2.45) is 0 Å². The maximum absolute atomic E-state index is 10.7. The lowest BCUT2D eigenvalue weighted by atomic mass is 10.2. The van der Waals surface area contributed by atoms with Crippen molar-refractivity contribution < 1.29 is 39.5 Å². The number of aliphatic hydroxyl groups is 1. The van der Waals surface area contributed by atoms with Crippen molar-refractivity contribution in [1.29, 1.82) is 0 Å². The van der Waals surface area contributed by atoms with E-state index in [0.717, 1.165) is 0 Å². The highest BCUT2D eigenvalue weighted by Crippen LogP contribution is 1.93. The summed E-state index contributed by atoms with van der Waals surface area (Å²) in [6.45, 7) is -0.743. The van der Waals surface area contributed by atoms with Crippen molar-refractivity contribution in [3.05, 3.63) is 0 Å². The van der Waals surface area contributed by atoms with E-state index in [2.05, 4.69) is 10.6 Å². The van der Waals surface area contributed by atoms with Crippen LogP contribution in [0.3, 0.4) is 0 Å². The van der Waals surface area contributed by atoms with Crippen molar-refractivity contribution in [1.82, 2.24) is 10.6 Å². The first-order chi connectivity index (χ1) is 9.36. The van der Waals surface area contributed by atoms with Gasteiger partial charge in [0.05, 0.1) is 32.9 Å². The Balaban J connectivity index is 3.85. The fourth-order valence-electron chi connectivity index (χ4n) is 1.22. The number of rotatable bonds is 12. The van der Waals surface area contributed by atoms with Crippen molar-refractivity contribution in [3.8, 4) is 0 Å². The number of nitrogens with one attached hydrogen (secondary N) is 2. The molecular formula is C10H18N2O8. The largest absolute Gasteiger partial charge is 0.481 e. The summed E-state index contributed by atoms with van der Waals surface area (Å²) in [7, 11) is 0. The molecule has 0 bridgehead atoms. The van der Waals surface area contributed by atoms with Gasteiger partial charge in [0.1, 0.15) is 6.04 Å². The third kappa shape index (κ3) is 9.22. The number of hydrogen-bond acceptors (Lipinski definition) is 7. The Kier molecular flexibility index (Phi) is 9.20. The summed E-state index contributed by atoms with van der Waals surface area (Å²) < 4.78 is 4.93. The predicted molar refractivity (Wildman–Crippen MR) is 63.9 cm³/mol. The number of carbonyl (C=O) groups is 3. The summed E-state index contributed by atoms with van der Waals surface area (Å²) >= 11 is 0. The molecule has 0 amide bonds. The van der Waals surface area contributed by atoms with E-state index < -0.39 is 36.4 Å². The van der Waals surface area contributed by atoms with E-state index >= 15 is 0 Å². The molecule has 0 heterocycles. The Hall–Kier alpha value is -1.75. The van der Waals surface area contributed by atoms with Crippen LogP contribution in [0.25, 0.3) is 0 Å². The molecule has 20 heavy (non-hydrogen) atoms. The molecule has 10 heteroatoms. The molecule has 0 aromatic carbocycles. The highest BCUT2D eigenvalue weighted by atomic mass is 16.5. The van der Waals surface area contributed by atoms with Gasteiger partial charge in [0.2, 0.25) is 0 Å². The molecular weight excluding hydrogens is 276 g/mol. The Labute approximate surface area is 114 Å². The molecule has 2 atom stereocenters. The van der Waals surface area contributed by atoms with Gasteiger partial charge < -0.3 is 25.2 Å². The van der Waals surface area contributed by atoms with E-state index in [0.29, 0.717) is 0 Å². The molecule has 0 aromatic rings. The molecule has 10 nitrogen and oxygen atoms in total. The highest BCUT2D eigenvalue weighted by molar-refractivity contribution is 5.80. The zero-order chi connectivity index (χ0) is 15.5. The van der Waals surface area contributed by atoms with E-state index in [9.17, 15) is 14.4 Å². The number of carboxylic acids is 3. The Morgan fingerprint density at radius 1 is 0.950 bits per heavy atom. The van der Waals surface area contributed by atoms with Crippen LogP contribution in [-0.2, 0) is 19.1 Å². The molecule has 0 rings (SSSR count). The van der Waals surface area contributed by atoms with Crippen LogP contribution in [0.2, 0.25) is 0 Å². The molecule has 0 aromatic heterocycles. The van der Waals surface area contributed by atoms with Gasteiger partial charge in [-0.1, -0.05) is 0 Å². The number of aliphatic hydroxyl groups excluding tert-OH is 1. The smallest absolute Gasteiger partial charge is 0.321 e. The van der Waals surface area contributed by atoms with Gasteiger partial charge in [0.25, 0.3) is 0 Å². The minimum absolute atomic E-state index is 0.120. The zero-order valence-electron chi connectivity index (χ0n) is 10.6. The second-order valence-electron chi connectivity index (χ2n) is 3.87. The fourth-order valence-corrected chi connectivity index (χ4v) is 1.22. The molecule has 0 saturated heterocycles. The van der Waals surface area contributed by atoms with Crippen LogP contribution in [-0.4, -0.2) is 70.5 Å². The van der Waals surface area contributed by atoms with Crippen molar-refractivity contribution in [2.45, 2.75) is 24.9 Å². The van der Waals surface area contributed by atoms with Gasteiger partial charge >= 0.3 is 17.9 Å². The molecule has 0 spiro atoms. The van der Waals surface area contributed by atoms with Crippen LogP contribution in [0.15, 0.2) is 0 Å². The molecule has 0 fully saturated rings. The number of ether oxygens (including phenoxy) is 1. The number of aliphatic carboxylic acids is 3. The van der Waals surface area contributed by atoms with E-state index in [4.69, 9.17) is 25.2 Å². The normalized spacial score (nSPS) is 13.7. The lowest BCUT2D eigenvalue weighted by molar-refractivity contribution is -0.146. The molecule has 0 aliphatic carbocycles. The summed E-state index contributed by atoms with van der Waals surface area (Å²) in [5, 5.41) is 39.5. The van der Waals surface area contributed by atoms with Gasteiger partial charge in [-0.2, -0.15) is 0 Å². The molecule has 0 aliphatic heterocycles. The minimum atomic E-state index is -1.32. The number of hydrogen-bond donors (Lipinski definition) is 6. The van der Waals surface area contributed by atoms with Crippen molar-refractivity contribution in [3.63, 3.8) is 0 Å². The topological polar surface area (TPSA) is 165 Å². The summed E-state index contributed by atoms with van der Waals surface area (Å²) in [6.07, 6.45) is -0.881. The van der Waals surface area contributed by atoms with Crippen molar-refractivity contribution >= 4 is 17.9 Å². The second kappa shape index (κ2) is 10.1. The Bertz CT molecular complexity index is 335. The van der Waals surface area contributed by atoms with E-state index in [-0.39, 0.29) is 26.5 Å². The lowest BCUT2D eigenvalue weighted by Gasteiger charge is -2.16. The average molecular weight is 294 g/mol. The molecule has 0 aliphatic rings. The van der Waals surface area contributed by atoms with Crippen LogP contribution >= 0.6 is 0 Å². The molecule has 0 saturated carbocycles. The first kappa shape index (κ1) is 18.2. The Morgan fingerprint density at radius 2 is 1.50 bits per heavy atom. The molecule has 2 unspecified atom stereocenters. The predicted octanol–water partition coefficient (Wildman–Crippen LogP) is -2.14. The monoisotopic (exact) mass is 294 g/mol. The SMILES string of the molecule is O=C(O)CC(CO)NCOCNC(CC(=O)O)C(=O)O. The third-order valence-corrected chi connectivity index (χ3v) is 2.22. The lowest BCUT2D eigenvalue weighted by Crippen LogP contribution is -2.41. The zero-order valence-corrected chi connectivity index (χ0v) is 10.6. The van der Waals surface area contributed by atoms with Gasteiger partial charge in [0, 0.05) is 6.04 Å². The van der Waals surface area contributed by atoms with Crippen LogP contribution in [0.4, 0.5) is 0 Å². The minimum Gasteiger partial charge on any atom is -0.481 e. The van der Waals surface area contributed by atoms with E-state index in [1.807, 2.05) is 0 Å². The van der Waals surface area contributed by atoms with Crippen LogP contribution in [0.1, 0.15) is 12.8 Å². The fraction of sp³-hybridized carbons (Fsp3) is 0.700.